The standard InChI is InChI=1S/C18H21FN2O4/c19-15(12-24-10-13-4-2-1-3-5-13)17-8-16(21-25-17)18(22)20-9-14-6-7-23-11-14/h1-5,8,14-15H,6-7,9-12H2,(H,20,22). The van der Waals surface area contributed by atoms with Crippen molar-refractivity contribution in [3.63, 3.8) is 0 Å². The summed E-state index contributed by atoms with van der Waals surface area (Å²) in [5.74, 6) is -0.0719. The van der Waals surface area contributed by atoms with E-state index in [2.05, 4.69) is 10.5 Å². The molecule has 1 aromatic heterocycles. The van der Waals surface area contributed by atoms with E-state index in [0.717, 1.165) is 18.6 Å². The number of amides is 1. The highest BCUT2D eigenvalue weighted by Crippen LogP contribution is 2.19. The molecule has 2 unspecified atom stereocenters. The van der Waals surface area contributed by atoms with Gasteiger partial charge in [0.2, 0.25) is 0 Å². The van der Waals surface area contributed by atoms with Crippen molar-refractivity contribution in [2.45, 2.75) is 19.2 Å². The molecule has 2 atom stereocenters. The normalized spacial score (nSPS) is 18.2. The SMILES string of the molecule is O=C(NCC1CCOC1)c1cc(C(F)COCc2ccccc2)on1. The lowest BCUT2D eigenvalue weighted by Crippen LogP contribution is -2.29. The van der Waals surface area contributed by atoms with Crippen LogP contribution in [0.2, 0.25) is 0 Å². The van der Waals surface area contributed by atoms with E-state index in [9.17, 15) is 9.18 Å². The Bertz CT molecular complexity index is 671. The lowest BCUT2D eigenvalue weighted by atomic mass is 10.1. The van der Waals surface area contributed by atoms with Crippen molar-refractivity contribution in [3.05, 3.63) is 53.4 Å². The summed E-state index contributed by atoms with van der Waals surface area (Å²) in [6, 6.07) is 10.8. The number of benzene rings is 1. The molecule has 1 aliphatic heterocycles. The van der Waals surface area contributed by atoms with Crippen molar-refractivity contribution in [1.29, 1.82) is 0 Å². The van der Waals surface area contributed by atoms with Crippen LogP contribution in [0.4, 0.5) is 4.39 Å². The van der Waals surface area contributed by atoms with Crippen molar-refractivity contribution in [2.75, 3.05) is 26.4 Å². The van der Waals surface area contributed by atoms with Crippen LogP contribution in [0.3, 0.4) is 0 Å². The number of hydrogen-bond acceptors (Lipinski definition) is 5. The predicted molar refractivity (Wildman–Crippen MR) is 87.7 cm³/mol. The van der Waals surface area contributed by atoms with E-state index >= 15 is 0 Å². The molecule has 0 saturated carbocycles. The van der Waals surface area contributed by atoms with E-state index in [-0.39, 0.29) is 24.0 Å². The average Bonchev–Trinajstić information content (AvgIpc) is 3.32. The van der Waals surface area contributed by atoms with Gasteiger partial charge in [0.05, 0.1) is 19.8 Å². The summed E-state index contributed by atoms with van der Waals surface area (Å²) in [5, 5.41) is 6.40. The van der Waals surface area contributed by atoms with Gasteiger partial charge in [-0.1, -0.05) is 35.5 Å². The Morgan fingerprint density at radius 2 is 2.24 bits per heavy atom. The van der Waals surface area contributed by atoms with Crippen LogP contribution in [-0.2, 0) is 16.1 Å². The fourth-order valence-corrected chi connectivity index (χ4v) is 2.55. The molecule has 1 fully saturated rings. The largest absolute Gasteiger partial charge is 0.381 e. The summed E-state index contributed by atoms with van der Waals surface area (Å²) in [5.41, 5.74) is 1.03. The van der Waals surface area contributed by atoms with Crippen molar-refractivity contribution >= 4 is 5.91 Å². The molecule has 1 amide bonds. The number of rotatable bonds is 8. The van der Waals surface area contributed by atoms with E-state index in [1.165, 1.54) is 6.07 Å². The van der Waals surface area contributed by atoms with Crippen LogP contribution in [0.5, 0.6) is 0 Å². The third-order valence-corrected chi connectivity index (χ3v) is 4.02. The Morgan fingerprint density at radius 1 is 1.40 bits per heavy atom. The molecule has 3 rings (SSSR count). The Balaban J connectivity index is 1.44. The van der Waals surface area contributed by atoms with Gasteiger partial charge in [0, 0.05) is 25.1 Å². The van der Waals surface area contributed by atoms with Crippen molar-refractivity contribution in [2.24, 2.45) is 5.92 Å². The lowest BCUT2D eigenvalue weighted by Gasteiger charge is -2.07. The first kappa shape index (κ1) is 17.6. The number of hydrogen-bond donors (Lipinski definition) is 1. The quantitative estimate of drug-likeness (QED) is 0.794. The van der Waals surface area contributed by atoms with E-state index in [1.807, 2.05) is 30.3 Å². The Hall–Kier alpha value is -2.25. The van der Waals surface area contributed by atoms with Crippen LogP contribution < -0.4 is 5.32 Å². The zero-order valence-electron chi connectivity index (χ0n) is 13.8. The zero-order valence-corrected chi connectivity index (χ0v) is 13.8. The van der Waals surface area contributed by atoms with Gasteiger partial charge in [-0.25, -0.2) is 4.39 Å². The Labute approximate surface area is 145 Å². The summed E-state index contributed by atoms with van der Waals surface area (Å²) in [6.45, 7) is 2.04. The second kappa shape index (κ2) is 8.73. The highest BCUT2D eigenvalue weighted by molar-refractivity contribution is 5.92. The Morgan fingerprint density at radius 3 is 3.00 bits per heavy atom. The number of nitrogens with zero attached hydrogens (tertiary/aromatic N) is 1. The minimum atomic E-state index is -1.47. The van der Waals surface area contributed by atoms with Gasteiger partial charge in [0.1, 0.15) is 0 Å². The molecular formula is C18H21FN2O4. The van der Waals surface area contributed by atoms with Gasteiger partial charge in [0.15, 0.2) is 17.6 Å². The summed E-state index contributed by atoms with van der Waals surface area (Å²) in [4.78, 5) is 12.0. The van der Waals surface area contributed by atoms with E-state index < -0.39 is 6.17 Å². The van der Waals surface area contributed by atoms with Gasteiger partial charge in [-0.15, -0.1) is 0 Å². The topological polar surface area (TPSA) is 73.6 Å². The minimum absolute atomic E-state index is 0.0117. The molecule has 0 radical (unpaired) electrons. The molecule has 2 aromatic rings. The van der Waals surface area contributed by atoms with Gasteiger partial charge >= 0.3 is 0 Å². The molecule has 25 heavy (non-hydrogen) atoms. The lowest BCUT2D eigenvalue weighted by molar-refractivity contribution is 0.0585. The van der Waals surface area contributed by atoms with Crippen molar-refractivity contribution in [1.82, 2.24) is 10.5 Å². The molecule has 6 nitrogen and oxygen atoms in total. The van der Waals surface area contributed by atoms with Crippen LogP contribution in [0, 0.1) is 5.92 Å². The number of aromatic nitrogens is 1. The highest BCUT2D eigenvalue weighted by Gasteiger charge is 2.21. The van der Waals surface area contributed by atoms with Crippen LogP contribution in [0.25, 0.3) is 0 Å². The summed E-state index contributed by atoms with van der Waals surface area (Å²) < 4.78 is 29.7. The maximum Gasteiger partial charge on any atom is 0.273 e. The summed E-state index contributed by atoms with van der Waals surface area (Å²) >= 11 is 0. The van der Waals surface area contributed by atoms with Crippen LogP contribution >= 0.6 is 0 Å². The number of alkyl halides is 1. The summed E-state index contributed by atoms with van der Waals surface area (Å²) in [7, 11) is 0. The van der Waals surface area contributed by atoms with Gasteiger partial charge in [-0.2, -0.15) is 0 Å². The van der Waals surface area contributed by atoms with Gasteiger partial charge < -0.3 is 19.3 Å². The van der Waals surface area contributed by atoms with Gasteiger partial charge in [0.25, 0.3) is 5.91 Å². The second-order valence-corrected chi connectivity index (χ2v) is 6.02. The van der Waals surface area contributed by atoms with Crippen LogP contribution in [-0.4, -0.2) is 37.4 Å². The molecule has 7 heteroatoms. The average molecular weight is 348 g/mol. The van der Waals surface area contributed by atoms with E-state index in [4.69, 9.17) is 14.0 Å². The first-order valence-electron chi connectivity index (χ1n) is 8.30. The number of carbonyl (C=O) groups excluding carboxylic acids is 1. The number of ether oxygens (including phenoxy) is 2. The van der Waals surface area contributed by atoms with Crippen LogP contribution in [0.1, 0.15) is 34.4 Å². The molecule has 2 heterocycles. The number of nitrogens with one attached hydrogen (secondary N) is 1. The maximum absolute atomic E-state index is 14.1. The molecule has 1 aliphatic rings. The summed E-state index contributed by atoms with van der Waals surface area (Å²) in [6.07, 6.45) is -0.545. The smallest absolute Gasteiger partial charge is 0.273 e. The molecular weight excluding hydrogens is 327 g/mol. The molecule has 0 bridgehead atoms. The second-order valence-electron chi connectivity index (χ2n) is 6.02. The monoisotopic (exact) mass is 348 g/mol. The molecule has 0 aliphatic carbocycles. The maximum atomic E-state index is 14.1. The molecule has 1 aromatic carbocycles. The molecule has 0 spiro atoms. The fraction of sp³-hybridized carbons (Fsp3) is 0.444. The van der Waals surface area contributed by atoms with Gasteiger partial charge in [-0.3, -0.25) is 4.79 Å². The third-order valence-electron chi connectivity index (χ3n) is 4.02. The van der Waals surface area contributed by atoms with Gasteiger partial charge in [-0.05, 0) is 12.0 Å². The predicted octanol–water partition coefficient (Wildman–Crippen LogP) is 2.67. The third kappa shape index (κ3) is 5.11. The van der Waals surface area contributed by atoms with Crippen LogP contribution in [0.15, 0.2) is 40.9 Å². The molecule has 134 valence electrons. The molecule has 1 saturated heterocycles. The van der Waals surface area contributed by atoms with E-state index in [0.29, 0.717) is 25.7 Å². The number of halogens is 1. The first-order chi connectivity index (χ1) is 12.2. The van der Waals surface area contributed by atoms with Crippen molar-refractivity contribution in [3.8, 4) is 0 Å². The van der Waals surface area contributed by atoms with E-state index in [1.54, 1.807) is 0 Å². The number of carbonyl (C=O) groups is 1. The first-order valence-corrected chi connectivity index (χ1v) is 8.30. The minimum Gasteiger partial charge on any atom is -0.381 e. The Kier molecular flexibility index (Phi) is 6.14. The highest BCUT2D eigenvalue weighted by atomic mass is 19.1. The fourth-order valence-electron chi connectivity index (χ4n) is 2.55. The zero-order chi connectivity index (χ0) is 17.5. The molecule has 1 N–H and O–H groups in total. The van der Waals surface area contributed by atoms with Crippen molar-refractivity contribution < 1.29 is 23.2 Å².